The lowest BCUT2D eigenvalue weighted by Gasteiger charge is -2.15. The lowest BCUT2D eigenvalue weighted by molar-refractivity contribution is -0.142. The molecule has 5 nitrogen and oxygen atoms in total. The molecule has 5 aromatic carbocycles. The summed E-state index contributed by atoms with van der Waals surface area (Å²) in [6.07, 6.45) is 0. The van der Waals surface area contributed by atoms with Crippen LogP contribution in [0.3, 0.4) is 0 Å². The minimum Gasteiger partial charge on any atom is -0.480 e. The van der Waals surface area contributed by atoms with Gasteiger partial charge in [0.1, 0.15) is 6.04 Å². The van der Waals surface area contributed by atoms with Gasteiger partial charge in [0.2, 0.25) is 0 Å². The molecule has 0 saturated carbocycles. The molecule has 0 saturated heterocycles. The molecule has 1 unspecified atom stereocenters. The van der Waals surface area contributed by atoms with Crippen LogP contribution >= 0.6 is 0 Å². The summed E-state index contributed by atoms with van der Waals surface area (Å²) in [5.41, 5.74) is -1.03. The van der Waals surface area contributed by atoms with E-state index < -0.39 is 29.0 Å². The summed E-state index contributed by atoms with van der Waals surface area (Å²) in [6.45, 7) is 3.41. The van der Waals surface area contributed by atoms with Gasteiger partial charge in [0.15, 0.2) is 0 Å². The zero-order valence-electron chi connectivity index (χ0n) is 15.4. The molecule has 0 fully saturated rings. The molecule has 1 aromatic heterocycles. The van der Waals surface area contributed by atoms with Crippen LogP contribution in [-0.4, -0.2) is 15.6 Å². The second-order valence-electron chi connectivity index (χ2n) is 7.60. The van der Waals surface area contributed by atoms with Crippen molar-refractivity contribution in [3.8, 4) is 0 Å². The fraction of sp³-hybridized carbons (Fsp3) is 0.174. The van der Waals surface area contributed by atoms with Gasteiger partial charge in [-0.3, -0.25) is 14.2 Å². The number of hydrogen-bond acceptors (Lipinski definition) is 3. The van der Waals surface area contributed by atoms with Gasteiger partial charge in [0.05, 0.1) is 10.8 Å². The molecule has 0 aliphatic carbocycles. The Labute approximate surface area is 159 Å². The summed E-state index contributed by atoms with van der Waals surface area (Å²) < 4.78 is 0.940. The molecule has 28 heavy (non-hydrogen) atoms. The first-order chi connectivity index (χ1) is 13.4. The minimum atomic E-state index is -1.20. The van der Waals surface area contributed by atoms with E-state index in [1.165, 1.54) is 0 Å². The van der Waals surface area contributed by atoms with Crippen LogP contribution in [0.5, 0.6) is 0 Å². The number of carboxylic acid groups (broad SMARTS) is 1. The van der Waals surface area contributed by atoms with Crippen LogP contribution in [0.4, 0.5) is 0 Å². The highest BCUT2D eigenvalue weighted by atomic mass is 16.4. The number of aliphatic carboxylic acids is 1. The van der Waals surface area contributed by atoms with Crippen LogP contribution in [0.15, 0.2) is 58.1 Å². The van der Waals surface area contributed by atoms with Gasteiger partial charge in [0.25, 0.3) is 11.1 Å². The average molecular weight is 371 g/mol. The predicted molar refractivity (Wildman–Crippen MR) is 111 cm³/mol. The Bertz CT molecular complexity index is 1350. The molecule has 0 amide bonds. The number of carbonyl (C=O) groups is 1. The summed E-state index contributed by atoms with van der Waals surface area (Å²) in [7, 11) is 0. The molecule has 6 aromatic rings. The zero-order chi connectivity index (χ0) is 19.7. The summed E-state index contributed by atoms with van der Waals surface area (Å²) >= 11 is 0. The lowest BCUT2D eigenvalue weighted by atomic mass is 9.88. The molecule has 1 heterocycles. The Morgan fingerprint density at radius 3 is 1.39 bits per heavy atom. The van der Waals surface area contributed by atoms with E-state index >= 15 is 0 Å². The van der Waals surface area contributed by atoms with Crippen molar-refractivity contribution in [2.45, 2.75) is 19.9 Å². The predicted octanol–water partition coefficient (Wildman–Crippen LogP) is 3.98. The van der Waals surface area contributed by atoms with Crippen molar-refractivity contribution in [1.82, 2.24) is 4.57 Å². The van der Waals surface area contributed by atoms with E-state index in [0.717, 1.165) is 36.9 Å². The van der Waals surface area contributed by atoms with Gasteiger partial charge < -0.3 is 5.11 Å². The number of carboxylic acids is 1. The first kappa shape index (κ1) is 16.7. The Morgan fingerprint density at radius 2 is 1.11 bits per heavy atom. The van der Waals surface area contributed by atoms with E-state index in [9.17, 15) is 19.5 Å². The highest BCUT2D eigenvalue weighted by Gasteiger charge is 2.32. The first-order valence-corrected chi connectivity index (χ1v) is 9.22. The Morgan fingerprint density at radius 1 is 0.750 bits per heavy atom. The van der Waals surface area contributed by atoms with E-state index in [4.69, 9.17) is 0 Å². The molecule has 1 atom stereocenters. The van der Waals surface area contributed by atoms with Gasteiger partial charge >= 0.3 is 5.97 Å². The maximum absolute atomic E-state index is 13.4. The monoisotopic (exact) mass is 371 g/mol. The average Bonchev–Trinajstić information content (AvgIpc) is 2.93. The number of aromatic nitrogens is 1. The van der Waals surface area contributed by atoms with Gasteiger partial charge in [-0.15, -0.1) is 0 Å². The second-order valence-corrected chi connectivity index (χ2v) is 7.60. The van der Waals surface area contributed by atoms with Gasteiger partial charge in [-0.1, -0.05) is 62.4 Å². The van der Waals surface area contributed by atoms with E-state index in [0.29, 0.717) is 10.8 Å². The summed E-state index contributed by atoms with van der Waals surface area (Å²) in [5, 5.41) is 15.5. The Hall–Kier alpha value is -3.47. The third-order valence-corrected chi connectivity index (χ3v) is 5.71. The van der Waals surface area contributed by atoms with Crippen molar-refractivity contribution in [3.05, 3.63) is 69.2 Å². The Kier molecular flexibility index (Phi) is 3.29. The molecule has 6 rings (SSSR count). The third kappa shape index (κ3) is 1.88. The van der Waals surface area contributed by atoms with Crippen LogP contribution in [-0.2, 0) is 4.79 Å². The lowest BCUT2D eigenvalue weighted by Crippen LogP contribution is -2.37. The van der Waals surface area contributed by atoms with Gasteiger partial charge in [-0.05, 0) is 27.5 Å². The molecule has 0 spiro atoms. The Balaban J connectivity index is 2.15. The van der Waals surface area contributed by atoms with Gasteiger partial charge in [-0.2, -0.15) is 0 Å². The van der Waals surface area contributed by atoms with Crippen LogP contribution in [0.1, 0.15) is 19.9 Å². The fourth-order valence-electron chi connectivity index (χ4n) is 4.62. The highest BCUT2D eigenvalue weighted by Crippen LogP contribution is 2.42. The highest BCUT2D eigenvalue weighted by molar-refractivity contribution is 6.40. The van der Waals surface area contributed by atoms with Gasteiger partial charge in [0, 0.05) is 10.8 Å². The normalized spacial score (nSPS) is 13.4. The van der Waals surface area contributed by atoms with Crippen molar-refractivity contribution in [2.75, 3.05) is 0 Å². The molecule has 0 aliphatic heterocycles. The van der Waals surface area contributed by atoms with Crippen LogP contribution in [0, 0.1) is 5.92 Å². The van der Waals surface area contributed by atoms with Crippen molar-refractivity contribution < 1.29 is 9.90 Å². The molecule has 0 aliphatic rings. The molecule has 2 bridgehead atoms. The summed E-state index contributed by atoms with van der Waals surface area (Å²) in [5.74, 6) is -1.57. The molecule has 138 valence electrons. The first-order valence-electron chi connectivity index (χ1n) is 9.22. The standard InChI is InChI=1S/C23H17NO4/c1-11(2)20(23(27)28)24-21(25)18-16-12-7-3-4-8-13(12)17(19(18)22(24)26)15-10-6-5-9-14(15)16/h3-11,20H,1-2H3,(H,27,28). The van der Waals surface area contributed by atoms with Crippen molar-refractivity contribution in [2.24, 2.45) is 5.92 Å². The third-order valence-electron chi connectivity index (χ3n) is 5.71. The largest absolute Gasteiger partial charge is 0.480 e. The smallest absolute Gasteiger partial charge is 0.327 e. The van der Waals surface area contributed by atoms with Crippen molar-refractivity contribution in [1.29, 1.82) is 0 Å². The molecule has 0 radical (unpaired) electrons. The van der Waals surface area contributed by atoms with Crippen molar-refractivity contribution >= 4 is 49.1 Å². The minimum absolute atomic E-state index is 0.337. The zero-order valence-corrected chi connectivity index (χ0v) is 15.4. The van der Waals surface area contributed by atoms with Gasteiger partial charge in [-0.25, -0.2) is 4.79 Å². The van der Waals surface area contributed by atoms with E-state index in [2.05, 4.69) is 0 Å². The van der Waals surface area contributed by atoms with E-state index in [1.807, 2.05) is 48.5 Å². The number of rotatable bonds is 3. The topological polar surface area (TPSA) is 76.4 Å². The molecular weight excluding hydrogens is 354 g/mol. The number of benzene rings is 5. The maximum atomic E-state index is 13.4. The molecule has 1 N–H and O–H groups in total. The number of hydrogen-bond donors (Lipinski definition) is 1. The summed E-state index contributed by atoms with van der Waals surface area (Å²) in [4.78, 5) is 38.6. The maximum Gasteiger partial charge on any atom is 0.327 e. The van der Waals surface area contributed by atoms with Crippen LogP contribution in [0.2, 0.25) is 0 Å². The van der Waals surface area contributed by atoms with Crippen LogP contribution < -0.4 is 11.1 Å². The quantitative estimate of drug-likeness (QED) is 0.487. The number of nitrogens with zero attached hydrogens (tertiary/aromatic N) is 1. The summed E-state index contributed by atoms with van der Waals surface area (Å²) in [6, 6.07) is 14.2. The molecular formula is C23H17NO4. The van der Waals surface area contributed by atoms with Crippen molar-refractivity contribution in [3.63, 3.8) is 0 Å². The molecule has 5 heteroatoms. The fourth-order valence-corrected chi connectivity index (χ4v) is 4.62. The van der Waals surface area contributed by atoms with E-state index in [-0.39, 0.29) is 0 Å². The van der Waals surface area contributed by atoms with Crippen LogP contribution in [0.25, 0.3) is 43.1 Å². The second kappa shape index (κ2) is 5.52. The van der Waals surface area contributed by atoms with E-state index in [1.54, 1.807) is 13.8 Å². The SMILES string of the molecule is CC(C)C(C(=O)O)n1c(=O)c2c(c1=O)c1c3ccccc3c2c2ccccc21.